The minimum atomic E-state index is -1.59. The Morgan fingerprint density at radius 3 is 2.35 bits per heavy atom. The molecule has 0 aliphatic carbocycles. The zero-order valence-electron chi connectivity index (χ0n) is 10.1. The Morgan fingerprint density at radius 2 is 1.70 bits per heavy atom. The van der Waals surface area contributed by atoms with Crippen LogP contribution in [-0.4, -0.2) is 0 Å². The predicted octanol–water partition coefficient (Wildman–Crippen LogP) is 3.73. The van der Waals surface area contributed by atoms with Gasteiger partial charge in [-0.3, -0.25) is 0 Å². The zero-order valence-corrected chi connectivity index (χ0v) is 10.1. The number of halogens is 4. The fraction of sp³-hybridized carbons (Fsp3) is 0.0714. The van der Waals surface area contributed by atoms with E-state index < -0.39 is 23.3 Å². The lowest BCUT2D eigenvalue weighted by atomic mass is 10.1. The summed E-state index contributed by atoms with van der Waals surface area (Å²) in [6.45, 7) is -0.125. The number of nitrogens with one attached hydrogen (secondary N) is 1. The maximum Gasteiger partial charge on any atom is 0.196 e. The first-order chi connectivity index (χ1) is 9.52. The first-order valence-electron chi connectivity index (χ1n) is 5.59. The molecule has 0 saturated heterocycles. The quantitative estimate of drug-likeness (QED) is 0.687. The molecule has 0 fully saturated rings. The molecule has 0 bridgehead atoms. The van der Waals surface area contributed by atoms with Crippen molar-refractivity contribution in [3.8, 4) is 6.07 Å². The lowest BCUT2D eigenvalue weighted by molar-refractivity contribution is 0.449. The van der Waals surface area contributed by atoms with E-state index in [1.807, 2.05) is 0 Å². The van der Waals surface area contributed by atoms with Crippen LogP contribution in [0.5, 0.6) is 0 Å². The fourth-order valence-electron chi connectivity index (χ4n) is 1.61. The highest BCUT2D eigenvalue weighted by atomic mass is 19.2. The molecule has 6 heteroatoms. The lowest BCUT2D eigenvalue weighted by Crippen LogP contribution is -2.05. The minimum absolute atomic E-state index is 0.125. The van der Waals surface area contributed by atoms with Crippen molar-refractivity contribution in [3.63, 3.8) is 0 Å². The lowest BCUT2D eigenvalue weighted by Gasteiger charge is -2.09. The van der Waals surface area contributed by atoms with Crippen LogP contribution in [0.4, 0.5) is 23.2 Å². The topological polar surface area (TPSA) is 35.8 Å². The van der Waals surface area contributed by atoms with Crippen molar-refractivity contribution < 1.29 is 17.6 Å². The number of anilines is 1. The third kappa shape index (κ3) is 2.72. The molecule has 0 atom stereocenters. The van der Waals surface area contributed by atoms with Crippen LogP contribution in [0.15, 0.2) is 30.3 Å². The van der Waals surface area contributed by atoms with Gasteiger partial charge >= 0.3 is 0 Å². The average molecular weight is 280 g/mol. The van der Waals surface area contributed by atoms with E-state index in [0.29, 0.717) is 0 Å². The van der Waals surface area contributed by atoms with E-state index in [0.717, 1.165) is 18.2 Å². The van der Waals surface area contributed by atoms with Crippen molar-refractivity contribution in [2.24, 2.45) is 0 Å². The Balaban J connectivity index is 2.18. The minimum Gasteiger partial charge on any atom is -0.378 e. The first-order valence-corrected chi connectivity index (χ1v) is 5.59. The molecule has 0 amide bonds. The zero-order chi connectivity index (χ0) is 14.7. The molecule has 2 rings (SSSR count). The molecule has 102 valence electrons. The fourth-order valence-corrected chi connectivity index (χ4v) is 1.61. The van der Waals surface area contributed by atoms with E-state index in [1.54, 1.807) is 6.07 Å². The summed E-state index contributed by atoms with van der Waals surface area (Å²) in [5, 5.41) is 11.1. The molecule has 0 unspecified atom stereocenters. The molecule has 0 aliphatic heterocycles. The molecule has 2 aromatic rings. The van der Waals surface area contributed by atoms with Crippen molar-refractivity contribution in [2.75, 3.05) is 5.32 Å². The Kier molecular flexibility index (Phi) is 3.89. The van der Waals surface area contributed by atoms with Crippen molar-refractivity contribution in [1.29, 1.82) is 5.26 Å². The number of hydrogen-bond donors (Lipinski definition) is 1. The number of nitriles is 1. The summed E-state index contributed by atoms with van der Waals surface area (Å²) in [5.74, 6) is -4.88. The van der Waals surface area contributed by atoms with Crippen molar-refractivity contribution in [3.05, 3.63) is 64.7 Å². The van der Waals surface area contributed by atoms with Crippen LogP contribution in [0.2, 0.25) is 0 Å². The van der Waals surface area contributed by atoms with Gasteiger partial charge in [0.2, 0.25) is 0 Å². The van der Waals surface area contributed by atoms with E-state index in [9.17, 15) is 17.6 Å². The highest BCUT2D eigenvalue weighted by Gasteiger charge is 2.13. The monoisotopic (exact) mass is 280 g/mol. The molecule has 20 heavy (non-hydrogen) atoms. The molecule has 0 aliphatic rings. The van der Waals surface area contributed by atoms with Gasteiger partial charge in [0.15, 0.2) is 17.5 Å². The Hall–Kier alpha value is -2.55. The number of rotatable bonds is 3. The van der Waals surface area contributed by atoms with E-state index in [4.69, 9.17) is 5.26 Å². The molecule has 0 spiro atoms. The van der Waals surface area contributed by atoms with Gasteiger partial charge in [-0.1, -0.05) is 6.07 Å². The predicted molar refractivity (Wildman–Crippen MR) is 64.8 cm³/mol. The van der Waals surface area contributed by atoms with Crippen molar-refractivity contribution >= 4 is 5.69 Å². The van der Waals surface area contributed by atoms with Crippen LogP contribution in [0.25, 0.3) is 0 Å². The molecule has 1 N–H and O–H groups in total. The summed E-state index contributed by atoms with van der Waals surface area (Å²) in [6, 6.07) is 7.38. The second kappa shape index (κ2) is 5.61. The highest BCUT2D eigenvalue weighted by molar-refractivity contribution is 5.46. The van der Waals surface area contributed by atoms with Crippen LogP contribution in [0.3, 0.4) is 0 Å². The molecular weight excluding hydrogens is 272 g/mol. The second-order valence-electron chi connectivity index (χ2n) is 3.99. The van der Waals surface area contributed by atoms with E-state index in [2.05, 4.69) is 5.32 Å². The molecule has 0 heterocycles. The maximum absolute atomic E-state index is 13.6. The van der Waals surface area contributed by atoms with Gasteiger partial charge in [-0.25, -0.2) is 17.6 Å². The van der Waals surface area contributed by atoms with Gasteiger partial charge in [0.1, 0.15) is 5.82 Å². The molecule has 2 aromatic carbocycles. The van der Waals surface area contributed by atoms with Gasteiger partial charge in [-0.2, -0.15) is 5.26 Å². The normalized spacial score (nSPS) is 10.2. The largest absolute Gasteiger partial charge is 0.378 e. The first kappa shape index (κ1) is 13.9. The van der Waals surface area contributed by atoms with Crippen LogP contribution >= 0.6 is 0 Å². The van der Waals surface area contributed by atoms with E-state index in [1.165, 1.54) is 12.1 Å². The van der Waals surface area contributed by atoms with Gasteiger partial charge in [-0.05, 0) is 24.3 Å². The van der Waals surface area contributed by atoms with Gasteiger partial charge in [0.25, 0.3) is 0 Å². The van der Waals surface area contributed by atoms with Crippen LogP contribution in [0.1, 0.15) is 11.1 Å². The van der Waals surface area contributed by atoms with Gasteiger partial charge < -0.3 is 5.32 Å². The average Bonchev–Trinajstić information content (AvgIpc) is 2.45. The van der Waals surface area contributed by atoms with Crippen LogP contribution < -0.4 is 5.32 Å². The maximum atomic E-state index is 13.6. The number of benzene rings is 2. The Labute approximate surface area is 112 Å². The summed E-state index contributed by atoms with van der Waals surface area (Å²) in [5.41, 5.74) is 0.0612. The Bertz CT molecular complexity index is 692. The standard InChI is InChI=1S/C14H8F4N2/c15-10-3-4-12(14(18)13(10)17)20-7-9-2-1-8(6-19)5-11(9)16/h1-5,20H,7H2. The molecule has 0 radical (unpaired) electrons. The van der Waals surface area contributed by atoms with Gasteiger partial charge in [-0.15, -0.1) is 0 Å². The van der Waals surface area contributed by atoms with Crippen molar-refractivity contribution in [2.45, 2.75) is 6.54 Å². The summed E-state index contributed by atoms with van der Waals surface area (Å²) in [6.07, 6.45) is 0. The van der Waals surface area contributed by atoms with Crippen molar-refractivity contribution in [1.82, 2.24) is 0 Å². The highest BCUT2D eigenvalue weighted by Crippen LogP contribution is 2.21. The summed E-state index contributed by atoms with van der Waals surface area (Å²) < 4.78 is 52.7. The van der Waals surface area contributed by atoms with Crippen LogP contribution in [0, 0.1) is 34.6 Å². The molecule has 2 nitrogen and oxygen atoms in total. The Morgan fingerprint density at radius 1 is 0.950 bits per heavy atom. The van der Waals surface area contributed by atoms with Gasteiger partial charge in [0, 0.05) is 12.1 Å². The molecule has 0 aromatic heterocycles. The second-order valence-corrected chi connectivity index (χ2v) is 3.99. The van der Waals surface area contributed by atoms with Crippen LogP contribution in [-0.2, 0) is 6.54 Å². The smallest absolute Gasteiger partial charge is 0.196 e. The third-order valence-electron chi connectivity index (χ3n) is 2.69. The SMILES string of the molecule is N#Cc1ccc(CNc2ccc(F)c(F)c2F)c(F)c1. The molecular formula is C14H8F4N2. The third-order valence-corrected chi connectivity index (χ3v) is 2.69. The van der Waals surface area contributed by atoms with Gasteiger partial charge in [0.05, 0.1) is 17.3 Å². The van der Waals surface area contributed by atoms with E-state index >= 15 is 0 Å². The summed E-state index contributed by atoms with van der Waals surface area (Å²) in [4.78, 5) is 0. The molecule has 0 saturated carbocycles. The summed E-state index contributed by atoms with van der Waals surface area (Å²) in [7, 11) is 0. The number of nitrogens with zero attached hydrogens (tertiary/aromatic N) is 1. The van der Waals surface area contributed by atoms with E-state index in [-0.39, 0.29) is 23.4 Å². The summed E-state index contributed by atoms with van der Waals surface area (Å²) >= 11 is 0. The number of hydrogen-bond acceptors (Lipinski definition) is 2.